The fraction of sp³-hybridized carbons (Fsp3) is 0.357. The van der Waals surface area contributed by atoms with Gasteiger partial charge in [-0.1, -0.05) is 0 Å². The Balaban J connectivity index is 2.75. The van der Waals surface area contributed by atoms with Gasteiger partial charge in [0.15, 0.2) is 0 Å². The van der Waals surface area contributed by atoms with Crippen molar-refractivity contribution in [3.63, 3.8) is 0 Å². The molecule has 0 fully saturated rings. The zero-order valence-corrected chi connectivity index (χ0v) is 11.7. The number of nitrogens with one attached hydrogen (secondary N) is 1. The molecular weight excluding hydrogens is 242 g/mol. The predicted molar refractivity (Wildman–Crippen MR) is 75.4 cm³/mol. The number of aryl methyl sites for hydroxylation is 3. The van der Waals surface area contributed by atoms with Crippen LogP contribution in [0, 0.1) is 13.8 Å². The van der Waals surface area contributed by atoms with Crippen molar-refractivity contribution < 1.29 is 4.74 Å². The number of hydrogen-bond acceptors (Lipinski definition) is 3. The Morgan fingerprint density at radius 3 is 2.53 bits per heavy atom. The van der Waals surface area contributed by atoms with Crippen LogP contribution in [0.15, 0.2) is 16.9 Å². The van der Waals surface area contributed by atoms with Crippen LogP contribution < -0.4 is 16.0 Å². The van der Waals surface area contributed by atoms with Crippen molar-refractivity contribution in [1.29, 1.82) is 0 Å². The molecule has 0 bridgehead atoms. The average molecular weight is 261 g/mol. The zero-order chi connectivity index (χ0) is 14.2. The van der Waals surface area contributed by atoms with Gasteiger partial charge in [-0.25, -0.2) is 0 Å². The van der Waals surface area contributed by atoms with E-state index in [2.05, 4.69) is 5.10 Å². The summed E-state index contributed by atoms with van der Waals surface area (Å²) in [5, 5.41) is 3.05. The van der Waals surface area contributed by atoms with Gasteiger partial charge in [0.1, 0.15) is 5.75 Å². The minimum Gasteiger partial charge on any atom is -0.496 e. The van der Waals surface area contributed by atoms with Gasteiger partial charge in [0.25, 0.3) is 5.56 Å². The molecule has 0 saturated heterocycles. The van der Waals surface area contributed by atoms with E-state index in [1.54, 1.807) is 14.2 Å². The second-order valence-corrected chi connectivity index (χ2v) is 4.67. The topological polar surface area (TPSA) is 73.0 Å². The minimum absolute atomic E-state index is 0.0993. The summed E-state index contributed by atoms with van der Waals surface area (Å²) in [6.07, 6.45) is 0. The minimum atomic E-state index is -0.0993. The number of aromatic nitrogens is 2. The lowest BCUT2D eigenvalue weighted by atomic mass is 10.0. The molecule has 1 aromatic carbocycles. The average Bonchev–Trinajstić information content (AvgIpc) is 2.68. The summed E-state index contributed by atoms with van der Waals surface area (Å²) in [5.74, 6) is 0.736. The predicted octanol–water partition coefficient (Wildman–Crippen LogP) is 1.46. The van der Waals surface area contributed by atoms with Crippen molar-refractivity contribution in [2.24, 2.45) is 12.8 Å². The van der Waals surface area contributed by atoms with Gasteiger partial charge >= 0.3 is 0 Å². The largest absolute Gasteiger partial charge is 0.496 e. The lowest BCUT2D eigenvalue weighted by Gasteiger charge is -2.11. The third-order valence-corrected chi connectivity index (χ3v) is 3.43. The molecule has 1 aromatic heterocycles. The molecule has 1 heterocycles. The number of hydrogen-bond donors (Lipinski definition) is 2. The first-order chi connectivity index (χ1) is 8.99. The van der Waals surface area contributed by atoms with Crippen LogP contribution in [0.4, 0.5) is 0 Å². The van der Waals surface area contributed by atoms with E-state index in [-0.39, 0.29) is 12.1 Å². The normalized spacial score (nSPS) is 10.8. The molecule has 0 aliphatic carbocycles. The summed E-state index contributed by atoms with van der Waals surface area (Å²) in [6.45, 7) is 4.25. The van der Waals surface area contributed by atoms with Gasteiger partial charge in [0, 0.05) is 19.2 Å². The molecule has 19 heavy (non-hydrogen) atoms. The van der Waals surface area contributed by atoms with E-state index in [0.717, 1.165) is 28.1 Å². The first kappa shape index (κ1) is 13.4. The SMILES string of the molecule is COc1cc(C)c(C)cc1-c1[nH]n(C)c(=O)c1CN. The smallest absolute Gasteiger partial charge is 0.271 e. The maximum Gasteiger partial charge on any atom is 0.271 e. The second kappa shape index (κ2) is 4.93. The summed E-state index contributed by atoms with van der Waals surface area (Å²) in [4.78, 5) is 12.0. The summed E-state index contributed by atoms with van der Waals surface area (Å²) in [5.41, 5.74) is 10.0. The molecule has 0 atom stereocenters. The van der Waals surface area contributed by atoms with E-state index in [1.807, 2.05) is 26.0 Å². The first-order valence-corrected chi connectivity index (χ1v) is 6.13. The molecule has 3 N–H and O–H groups in total. The van der Waals surface area contributed by atoms with Crippen LogP contribution in [0.2, 0.25) is 0 Å². The highest BCUT2D eigenvalue weighted by atomic mass is 16.5. The summed E-state index contributed by atoms with van der Waals surface area (Å²) >= 11 is 0. The third kappa shape index (κ3) is 2.17. The number of benzene rings is 1. The van der Waals surface area contributed by atoms with Crippen molar-refractivity contribution in [2.45, 2.75) is 20.4 Å². The van der Waals surface area contributed by atoms with Gasteiger partial charge in [0.2, 0.25) is 0 Å². The molecule has 0 radical (unpaired) electrons. The first-order valence-electron chi connectivity index (χ1n) is 6.13. The van der Waals surface area contributed by atoms with E-state index in [4.69, 9.17) is 10.5 Å². The van der Waals surface area contributed by atoms with Gasteiger partial charge in [-0.05, 0) is 37.1 Å². The highest BCUT2D eigenvalue weighted by Gasteiger charge is 2.17. The molecule has 0 saturated carbocycles. The number of H-pyrrole nitrogens is 1. The number of nitrogens with zero attached hydrogens (tertiary/aromatic N) is 1. The maximum atomic E-state index is 12.0. The van der Waals surface area contributed by atoms with Crippen LogP contribution in [0.25, 0.3) is 11.3 Å². The van der Waals surface area contributed by atoms with Crippen molar-refractivity contribution in [3.8, 4) is 17.0 Å². The number of nitrogens with two attached hydrogens (primary N) is 1. The van der Waals surface area contributed by atoms with Crippen molar-refractivity contribution in [3.05, 3.63) is 39.2 Å². The van der Waals surface area contributed by atoms with Crippen LogP contribution in [0.1, 0.15) is 16.7 Å². The molecule has 102 valence electrons. The van der Waals surface area contributed by atoms with Gasteiger partial charge in [-0.15, -0.1) is 0 Å². The van der Waals surface area contributed by atoms with E-state index < -0.39 is 0 Å². The van der Waals surface area contributed by atoms with E-state index in [1.165, 1.54) is 4.68 Å². The Kier molecular flexibility index (Phi) is 3.48. The van der Waals surface area contributed by atoms with Gasteiger partial charge < -0.3 is 10.5 Å². The molecule has 0 aliphatic heterocycles. The Morgan fingerprint density at radius 1 is 1.32 bits per heavy atom. The lowest BCUT2D eigenvalue weighted by Crippen LogP contribution is -2.17. The van der Waals surface area contributed by atoms with Gasteiger partial charge in [-0.3, -0.25) is 14.6 Å². The van der Waals surface area contributed by atoms with E-state index in [0.29, 0.717) is 5.56 Å². The number of rotatable bonds is 3. The molecule has 2 rings (SSSR count). The highest BCUT2D eigenvalue weighted by molar-refractivity contribution is 5.71. The van der Waals surface area contributed by atoms with Crippen LogP contribution in [-0.2, 0) is 13.6 Å². The van der Waals surface area contributed by atoms with Crippen LogP contribution in [0.3, 0.4) is 0 Å². The lowest BCUT2D eigenvalue weighted by molar-refractivity contribution is 0.416. The Bertz CT molecular complexity index is 668. The van der Waals surface area contributed by atoms with Crippen LogP contribution in [0.5, 0.6) is 5.75 Å². The van der Waals surface area contributed by atoms with Gasteiger partial charge in [-0.2, -0.15) is 0 Å². The fourth-order valence-electron chi connectivity index (χ4n) is 2.16. The van der Waals surface area contributed by atoms with Crippen molar-refractivity contribution >= 4 is 0 Å². The highest BCUT2D eigenvalue weighted by Crippen LogP contribution is 2.32. The number of aromatic amines is 1. The number of methoxy groups -OCH3 is 1. The zero-order valence-electron chi connectivity index (χ0n) is 11.7. The number of ether oxygens (including phenoxy) is 1. The molecule has 0 unspecified atom stereocenters. The standard InChI is InChI=1S/C14H19N3O2/c1-8-5-10(12(19-4)6-9(8)2)13-11(7-15)14(18)17(3)16-13/h5-6,16H,7,15H2,1-4H3. The van der Waals surface area contributed by atoms with E-state index >= 15 is 0 Å². The second-order valence-electron chi connectivity index (χ2n) is 4.67. The Morgan fingerprint density at radius 2 is 1.95 bits per heavy atom. The summed E-state index contributed by atoms with van der Waals surface area (Å²) in [6, 6.07) is 3.98. The maximum absolute atomic E-state index is 12.0. The molecule has 0 aliphatic rings. The monoisotopic (exact) mass is 261 g/mol. The molecule has 2 aromatic rings. The molecule has 0 amide bonds. The summed E-state index contributed by atoms with van der Waals surface area (Å²) in [7, 11) is 3.30. The van der Waals surface area contributed by atoms with Crippen LogP contribution in [-0.4, -0.2) is 16.9 Å². The fourth-order valence-corrected chi connectivity index (χ4v) is 2.16. The van der Waals surface area contributed by atoms with Gasteiger partial charge in [0.05, 0.1) is 18.4 Å². The Labute approximate surface area is 112 Å². The molecule has 0 spiro atoms. The summed E-state index contributed by atoms with van der Waals surface area (Å²) < 4.78 is 6.85. The molecule has 5 heteroatoms. The van der Waals surface area contributed by atoms with E-state index in [9.17, 15) is 4.79 Å². The van der Waals surface area contributed by atoms with Crippen molar-refractivity contribution in [2.75, 3.05) is 7.11 Å². The Hall–Kier alpha value is -2.01. The quantitative estimate of drug-likeness (QED) is 0.878. The van der Waals surface area contributed by atoms with Crippen LogP contribution >= 0.6 is 0 Å². The van der Waals surface area contributed by atoms with Crippen molar-refractivity contribution in [1.82, 2.24) is 9.78 Å². The molecule has 5 nitrogen and oxygen atoms in total. The third-order valence-electron chi connectivity index (χ3n) is 3.43. The molecular formula is C14H19N3O2.